The third-order valence-electron chi connectivity index (χ3n) is 8.74. The van der Waals surface area contributed by atoms with Gasteiger partial charge in [-0.15, -0.1) is 0 Å². The molecular formula is C37H51N7O5. The average Bonchev–Trinajstić information content (AvgIpc) is 3.47. The van der Waals surface area contributed by atoms with Gasteiger partial charge in [-0.05, 0) is 42.0 Å². The quantitative estimate of drug-likeness (QED) is 0.166. The molecule has 2 aromatic carbocycles. The summed E-state index contributed by atoms with van der Waals surface area (Å²) in [5.74, 6) is -0.0765. The second-order valence-electron chi connectivity index (χ2n) is 12.7. The third-order valence-corrected chi connectivity index (χ3v) is 8.74. The van der Waals surface area contributed by atoms with Crippen LogP contribution < -0.4 is 10.7 Å². The van der Waals surface area contributed by atoms with E-state index >= 15 is 0 Å². The van der Waals surface area contributed by atoms with Gasteiger partial charge >= 0.3 is 5.97 Å². The average molecular weight is 674 g/mol. The Hall–Kier alpha value is -4.58. The van der Waals surface area contributed by atoms with Crippen LogP contribution in [-0.2, 0) is 33.8 Å². The molecule has 1 aromatic heterocycles. The third kappa shape index (κ3) is 11.2. The van der Waals surface area contributed by atoms with Crippen LogP contribution in [0.3, 0.4) is 0 Å². The Kier molecular flexibility index (Phi) is 14.3. The predicted molar refractivity (Wildman–Crippen MR) is 188 cm³/mol. The predicted octanol–water partition coefficient (Wildman–Crippen LogP) is 4.62. The van der Waals surface area contributed by atoms with Gasteiger partial charge < -0.3 is 15.3 Å². The highest BCUT2D eigenvalue weighted by molar-refractivity contribution is 6.01. The molecule has 1 unspecified atom stereocenters. The van der Waals surface area contributed by atoms with Crippen LogP contribution in [0.5, 0.6) is 0 Å². The maximum atomic E-state index is 13.7. The summed E-state index contributed by atoms with van der Waals surface area (Å²) in [5.41, 5.74) is 6.36. The van der Waals surface area contributed by atoms with Crippen molar-refractivity contribution in [1.29, 1.82) is 0 Å². The summed E-state index contributed by atoms with van der Waals surface area (Å²) in [4.78, 5) is 55.4. The van der Waals surface area contributed by atoms with E-state index in [4.69, 9.17) is 10.1 Å². The summed E-state index contributed by atoms with van der Waals surface area (Å²) >= 11 is 0. The number of nitrogens with zero attached hydrogens (tertiary/aromatic N) is 5. The van der Waals surface area contributed by atoms with Crippen molar-refractivity contribution < 1.29 is 24.3 Å². The van der Waals surface area contributed by atoms with Crippen molar-refractivity contribution in [2.75, 3.05) is 26.2 Å². The molecule has 12 nitrogen and oxygen atoms in total. The fraction of sp³-hybridized carbons (Fsp3) is 0.514. The number of hydrogen-bond acceptors (Lipinski definition) is 7. The first-order valence-electron chi connectivity index (χ1n) is 17.6. The Labute approximate surface area is 289 Å². The smallest absolute Gasteiger partial charge is 0.326 e. The molecule has 0 saturated carbocycles. The van der Waals surface area contributed by atoms with Crippen LogP contribution in [0, 0.1) is 0 Å². The second kappa shape index (κ2) is 18.8. The fourth-order valence-corrected chi connectivity index (χ4v) is 6.00. The molecular weight excluding hydrogens is 622 g/mol. The van der Waals surface area contributed by atoms with Crippen LogP contribution in [0.1, 0.15) is 99.7 Å². The lowest BCUT2D eigenvalue weighted by Crippen LogP contribution is -2.55. The maximum absolute atomic E-state index is 13.7. The molecule has 0 spiro atoms. The molecule has 1 saturated heterocycles. The lowest BCUT2D eigenvalue weighted by molar-refractivity contribution is -0.142. The zero-order valence-corrected chi connectivity index (χ0v) is 29.1. The Morgan fingerprint density at radius 2 is 1.55 bits per heavy atom. The van der Waals surface area contributed by atoms with Gasteiger partial charge in [0.05, 0.1) is 6.54 Å². The van der Waals surface area contributed by atoms with Gasteiger partial charge in [0.2, 0.25) is 11.8 Å². The van der Waals surface area contributed by atoms with E-state index in [-0.39, 0.29) is 24.7 Å². The first kappa shape index (κ1) is 37.2. The topological polar surface area (TPSA) is 150 Å². The summed E-state index contributed by atoms with van der Waals surface area (Å²) in [7, 11) is 0. The van der Waals surface area contributed by atoms with E-state index in [0.717, 1.165) is 60.4 Å². The molecule has 2 heterocycles. The van der Waals surface area contributed by atoms with Gasteiger partial charge in [-0.3, -0.25) is 19.8 Å². The number of carboxylic acid groups (broad SMARTS) is 1. The molecule has 0 bridgehead atoms. The van der Waals surface area contributed by atoms with Gasteiger partial charge in [0.15, 0.2) is 5.82 Å². The number of rotatable bonds is 18. The number of carboxylic acids is 1. The molecule has 3 amide bonds. The van der Waals surface area contributed by atoms with Crippen LogP contribution in [0.2, 0.25) is 0 Å². The molecule has 3 aromatic rings. The number of unbranched alkanes of at least 4 members (excludes halogenated alkanes) is 4. The molecule has 3 N–H and O–H groups in total. The van der Waals surface area contributed by atoms with E-state index in [0.29, 0.717) is 38.3 Å². The first-order chi connectivity index (χ1) is 23.7. The molecule has 1 aliphatic rings. The van der Waals surface area contributed by atoms with Crippen molar-refractivity contribution in [3.63, 3.8) is 0 Å². The standard InChI is InChI=1S/C37H51N7O5/c1-4-6-8-14-33-39-34(15-9-7-5-2)44(40-33)26-28-16-18-29(19-17-28)30-12-10-11-13-31(30)36(47)42-22-24-43(25-23-42)41-35(46)21-20-32(37(48)49)38-27(3)45/h10-13,16-19,32H,4-9,14-15,20-26H2,1-3H3,(H,38,45)(H,41,46)(H,48,49). The van der Waals surface area contributed by atoms with Crippen molar-refractivity contribution in [3.05, 3.63) is 71.3 Å². The summed E-state index contributed by atoms with van der Waals surface area (Å²) in [6.07, 6.45) is 8.67. The van der Waals surface area contributed by atoms with E-state index < -0.39 is 17.9 Å². The van der Waals surface area contributed by atoms with Crippen molar-refractivity contribution in [2.45, 2.75) is 97.6 Å². The van der Waals surface area contributed by atoms with Crippen LogP contribution in [0.15, 0.2) is 48.5 Å². The minimum Gasteiger partial charge on any atom is -0.480 e. The van der Waals surface area contributed by atoms with Crippen LogP contribution in [-0.4, -0.2) is 85.7 Å². The normalized spacial score (nSPS) is 14.0. The highest BCUT2D eigenvalue weighted by Gasteiger charge is 2.26. The van der Waals surface area contributed by atoms with Gasteiger partial charge in [-0.25, -0.2) is 19.5 Å². The van der Waals surface area contributed by atoms with Gasteiger partial charge in [-0.1, -0.05) is 82.0 Å². The van der Waals surface area contributed by atoms with Crippen LogP contribution >= 0.6 is 0 Å². The van der Waals surface area contributed by atoms with Crippen molar-refractivity contribution in [1.82, 2.24) is 35.4 Å². The summed E-state index contributed by atoms with van der Waals surface area (Å²) in [6, 6.07) is 14.8. The number of carbonyl (C=O) groups excluding carboxylic acids is 3. The maximum Gasteiger partial charge on any atom is 0.326 e. The van der Waals surface area contributed by atoms with E-state index in [1.807, 2.05) is 24.3 Å². The summed E-state index contributed by atoms with van der Waals surface area (Å²) in [6.45, 7) is 8.02. The Morgan fingerprint density at radius 1 is 0.878 bits per heavy atom. The van der Waals surface area contributed by atoms with Gasteiger partial charge in [0, 0.05) is 57.9 Å². The zero-order chi connectivity index (χ0) is 35.2. The number of aliphatic carboxylic acids is 1. The Bertz CT molecular complexity index is 1550. The van der Waals surface area contributed by atoms with Gasteiger partial charge in [-0.2, -0.15) is 5.10 Å². The summed E-state index contributed by atoms with van der Waals surface area (Å²) < 4.78 is 2.06. The lowest BCUT2D eigenvalue weighted by Gasteiger charge is -2.35. The molecule has 1 atom stereocenters. The number of carbonyl (C=O) groups is 4. The number of hydrazine groups is 1. The van der Waals surface area contributed by atoms with Gasteiger partial charge in [0.1, 0.15) is 11.9 Å². The Balaban J connectivity index is 1.35. The van der Waals surface area contributed by atoms with E-state index in [2.05, 4.69) is 53.5 Å². The molecule has 4 rings (SSSR count). The number of aromatic nitrogens is 3. The number of hydrogen-bond donors (Lipinski definition) is 3. The fourth-order valence-electron chi connectivity index (χ4n) is 6.00. The highest BCUT2D eigenvalue weighted by Crippen LogP contribution is 2.26. The lowest BCUT2D eigenvalue weighted by atomic mass is 9.97. The van der Waals surface area contributed by atoms with E-state index in [9.17, 15) is 24.3 Å². The molecule has 1 aliphatic heterocycles. The number of aryl methyl sites for hydroxylation is 2. The monoisotopic (exact) mass is 673 g/mol. The summed E-state index contributed by atoms with van der Waals surface area (Å²) in [5, 5.41) is 18.2. The minimum absolute atomic E-state index is 0.0163. The van der Waals surface area contributed by atoms with Crippen molar-refractivity contribution in [3.8, 4) is 11.1 Å². The number of piperazine rings is 1. The molecule has 264 valence electrons. The Morgan fingerprint density at radius 3 is 2.20 bits per heavy atom. The number of amides is 3. The van der Waals surface area contributed by atoms with E-state index in [1.165, 1.54) is 26.2 Å². The number of benzene rings is 2. The highest BCUT2D eigenvalue weighted by atomic mass is 16.4. The van der Waals surface area contributed by atoms with E-state index in [1.54, 1.807) is 9.91 Å². The SMILES string of the molecule is CCCCCc1nc(CCCCC)n(Cc2ccc(-c3ccccc3C(=O)N3CCN(NC(=O)CCC(NC(C)=O)C(=O)O)CC3)cc2)n1. The second-order valence-corrected chi connectivity index (χ2v) is 12.7. The molecule has 0 radical (unpaired) electrons. The molecule has 49 heavy (non-hydrogen) atoms. The minimum atomic E-state index is -1.18. The van der Waals surface area contributed by atoms with Crippen LogP contribution in [0.4, 0.5) is 0 Å². The van der Waals surface area contributed by atoms with Gasteiger partial charge in [0.25, 0.3) is 5.91 Å². The molecule has 12 heteroatoms. The largest absolute Gasteiger partial charge is 0.480 e. The van der Waals surface area contributed by atoms with Crippen molar-refractivity contribution in [2.24, 2.45) is 0 Å². The zero-order valence-electron chi connectivity index (χ0n) is 29.1. The number of nitrogens with one attached hydrogen (secondary N) is 2. The molecule has 1 fully saturated rings. The first-order valence-corrected chi connectivity index (χ1v) is 17.6. The van der Waals surface area contributed by atoms with Crippen molar-refractivity contribution >= 4 is 23.7 Å². The van der Waals surface area contributed by atoms with Crippen LogP contribution in [0.25, 0.3) is 11.1 Å². The molecule has 0 aliphatic carbocycles.